The van der Waals surface area contributed by atoms with Crippen molar-refractivity contribution in [2.45, 2.75) is 9.79 Å². The summed E-state index contributed by atoms with van der Waals surface area (Å²) in [6.07, 6.45) is 0. The smallest absolute Gasteiger partial charge is 0.240 e. The van der Waals surface area contributed by atoms with Gasteiger partial charge in [-0.3, -0.25) is 0 Å². The zero-order chi connectivity index (χ0) is 16.0. The highest BCUT2D eigenvalue weighted by Crippen LogP contribution is 2.21. The van der Waals surface area contributed by atoms with Gasteiger partial charge in [0.2, 0.25) is 10.0 Å². The van der Waals surface area contributed by atoms with Crippen LogP contribution in [0.3, 0.4) is 0 Å². The molecule has 0 aliphatic carbocycles. The van der Waals surface area contributed by atoms with Crippen LogP contribution in [0, 0.1) is 5.82 Å². The largest absolute Gasteiger partial charge is 0.494 e. The van der Waals surface area contributed by atoms with E-state index < -0.39 is 15.8 Å². The zero-order valence-electron chi connectivity index (χ0n) is 12.0. The lowest BCUT2D eigenvalue weighted by Gasteiger charge is -2.08. The quantitative estimate of drug-likeness (QED) is 0.621. The second-order valence-electron chi connectivity index (χ2n) is 4.36. The van der Waals surface area contributed by atoms with Crippen molar-refractivity contribution in [1.29, 1.82) is 0 Å². The van der Waals surface area contributed by atoms with E-state index in [1.54, 1.807) is 11.8 Å². The first-order chi connectivity index (χ1) is 10.5. The van der Waals surface area contributed by atoms with Crippen LogP contribution in [0.25, 0.3) is 0 Å². The summed E-state index contributed by atoms with van der Waals surface area (Å²) >= 11 is 1.54. The normalized spacial score (nSPS) is 11.4. The summed E-state index contributed by atoms with van der Waals surface area (Å²) in [4.78, 5) is 0.952. The number of hydrogen-bond donors (Lipinski definition) is 1. The number of nitrogens with one attached hydrogen (secondary N) is 1. The lowest BCUT2D eigenvalue weighted by molar-refractivity contribution is 0.385. The van der Waals surface area contributed by atoms with Crippen molar-refractivity contribution in [1.82, 2.24) is 4.72 Å². The first-order valence-corrected chi connectivity index (χ1v) is 9.01. The number of ether oxygens (including phenoxy) is 1. The van der Waals surface area contributed by atoms with Gasteiger partial charge in [0.05, 0.1) is 12.0 Å². The lowest BCUT2D eigenvalue weighted by Crippen LogP contribution is -2.26. The summed E-state index contributed by atoms with van der Waals surface area (Å²) in [7, 11) is -2.40. The van der Waals surface area contributed by atoms with Crippen LogP contribution in [-0.4, -0.2) is 27.8 Å². The van der Waals surface area contributed by atoms with Gasteiger partial charge >= 0.3 is 0 Å². The first-order valence-electron chi connectivity index (χ1n) is 6.54. The van der Waals surface area contributed by atoms with E-state index in [9.17, 15) is 12.8 Å². The summed E-state index contributed by atoms with van der Waals surface area (Å²) in [5, 5.41) is 0. The Morgan fingerprint density at radius 2 is 1.91 bits per heavy atom. The molecule has 0 fully saturated rings. The number of hydrogen-bond acceptors (Lipinski definition) is 4. The summed E-state index contributed by atoms with van der Waals surface area (Å²) in [6, 6.07) is 13.2. The molecule has 0 atom stereocenters. The molecule has 0 unspecified atom stereocenters. The highest BCUT2D eigenvalue weighted by Gasteiger charge is 2.16. The molecule has 0 saturated carbocycles. The summed E-state index contributed by atoms with van der Waals surface area (Å²) in [5.41, 5.74) is 0. The second-order valence-corrected chi connectivity index (χ2v) is 7.29. The third-order valence-corrected chi connectivity index (χ3v) is 5.31. The van der Waals surface area contributed by atoms with E-state index in [4.69, 9.17) is 4.74 Å². The van der Waals surface area contributed by atoms with Gasteiger partial charge < -0.3 is 4.74 Å². The van der Waals surface area contributed by atoms with Gasteiger partial charge in [-0.15, -0.1) is 11.8 Å². The number of methoxy groups -OCH3 is 1. The molecular formula is C15H16FNO3S2. The van der Waals surface area contributed by atoms with Crippen LogP contribution < -0.4 is 9.46 Å². The number of halogens is 1. The van der Waals surface area contributed by atoms with Crippen LogP contribution in [0.4, 0.5) is 4.39 Å². The van der Waals surface area contributed by atoms with Crippen LogP contribution in [0.1, 0.15) is 0 Å². The maximum absolute atomic E-state index is 13.6. The Labute approximate surface area is 133 Å². The molecule has 4 nitrogen and oxygen atoms in total. The number of sulfonamides is 1. The third kappa shape index (κ3) is 4.46. The molecule has 0 aliphatic heterocycles. The zero-order valence-corrected chi connectivity index (χ0v) is 13.6. The molecule has 0 bridgehead atoms. The fraction of sp³-hybridized carbons (Fsp3) is 0.200. The van der Waals surface area contributed by atoms with E-state index in [2.05, 4.69) is 4.72 Å². The van der Waals surface area contributed by atoms with Crippen LogP contribution in [0.15, 0.2) is 58.3 Å². The SMILES string of the molecule is COc1ccc(S(=O)(=O)NCCSc2ccccc2)cc1F. The molecule has 118 valence electrons. The van der Waals surface area contributed by atoms with Crippen molar-refractivity contribution in [2.75, 3.05) is 19.4 Å². The Morgan fingerprint density at radius 1 is 1.18 bits per heavy atom. The Morgan fingerprint density at radius 3 is 2.55 bits per heavy atom. The highest BCUT2D eigenvalue weighted by molar-refractivity contribution is 7.99. The van der Waals surface area contributed by atoms with Crippen molar-refractivity contribution in [3.63, 3.8) is 0 Å². The highest BCUT2D eigenvalue weighted by atomic mass is 32.2. The van der Waals surface area contributed by atoms with Gasteiger partial charge in [-0.1, -0.05) is 18.2 Å². The van der Waals surface area contributed by atoms with Crippen molar-refractivity contribution in [3.05, 3.63) is 54.3 Å². The average Bonchev–Trinajstić information content (AvgIpc) is 2.52. The predicted octanol–water partition coefficient (Wildman–Crippen LogP) is 2.90. The molecule has 2 aromatic rings. The molecule has 0 spiro atoms. The minimum Gasteiger partial charge on any atom is -0.494 e. The van der Waals surface area contributed by atoms with E-state index in [0.29, 0.717) is 5.75 Å². The lowest BCUT2D eigenvalue weighted by atomic mass is 10.3. The van der Waals surface area contributed by atoms with Crippen LogP contribution in [0.5, 0.6) is 5.75 Å². The van der Waals surface area contributed by atoms with Gasteiger partial charge in [0.25, 0.3) is 0 Å². The molecule has 2 aromatic carbocycles. The summed E-state index contributed by atoms with van der Waals surface area (Å²) in [5.74, 6) is -0.107. The topological polar surface area (TPSA) is 55.4 Å². The third-order valence-electron chi connectivity index (χ3n) is 2.84. The van der Waals surface area contributed by atoms with Gasteiger partial charge in [0.1, 0.15) is 0 Å². The maximum Gasteiger partial charge on any atom is 0.240 e. The molecule has 0 saturated heterocycles. The van der Waals surface area contributed by atoms with Crippen molar-refractivity contribution in [2.24, 2.45) is 0 Å². The van der Waals surface area contributed by atoms with Crippen LogP contribution in [-0.2, 0) is 10.0 Å². The predicted molar refractivity (Wildman–Crippen MR) is 85.3 cm³/mol. The molecule has 0 amide bonds. The minimum absolute atomic E-state index is 0.0126. The Bertz CT molecular complexity index is 721. The van der Waals surface area contributed by atoms with E-state index >= 15 is 0 Å². The van der Waals surface area contributed by atoms with Gasteiger partial charge in [-0.2, -0.15) is 0 Å². The fourth-order valence-electron chi connectivity index (χ4n) is 1.76. The monoisotopic (exact) mass is 341 g/mol. The van der Waals surface area contributed by atoms with Gasteiger partial charge in [0.15, 0.2) is 11.6 Å². The molecule has 7 heteroatoms. The molecule has 0 radical (unpaired) electrons. The maximum atomic E-state index is 13.6. The standard InChI is InChI=1S/C15H16FNO3S2/c1-20-15-8-7-13(11-14(15)16)22(18,19)17-9-10-21-12-5-3-2-4-6-12/h2-8,11,17H,9-10H2,1H3. The fourth-order valence-corrected chi connectivity index (χ4v) is 3.72. The van der Waals surface area contributed by atoms with Crippen molar-refractivity contribution >= 4 is 21.8 Å². The van der Waals surface area contributed by atoms with Crippen LogP contribution in [0.2, 0.25) is 0 Å². The molecular weight excluding hydrogens is 325 g/mol. The Hall–Kier alpha value is -1.57. The number of thioether (sulfide) groups is 1. The summed E-state index contributed by atoms with van der Waals surface area (Å²) < 4.78 is 44.9. The van der Waals surface area contributed by atoms with Gasteiger partial charge in [-0.05, 0) is 30.3 Å². The van der Waals surface area contributed by atoms with E-state index in [1.165, 1.54) is 19.2 Å². The minimum atomic E-state index is -3.72. The second kappa shape index (κ2) is 7.62. The molecule has 0 heterocycles. The van der Waals surface area contributed by atoms with Gasteiger partial charge in [-0.25, -0.2) is 17.5 Å². The molecule has 1 N–H and O–H groups in total. The van der Waals surface area contributed by atoms with Crippen molar-refractivity contribution in [3.8, 4) is 5.75 Å². The molecule has 22 heavy (non-hydrogen) atoms. The Balaban J connectivity index is 1.92. The van der Waals surface area contributed by atoms with Gasteiger partial charge in [0, 0.05) is 17.2 Å². The van der Waals surface area contributed by atoms with Crippen molar-refractivity contribution < 1.29 is 17.5 Å². The average molecular weight is 341 g/mol. The van der Waals surface area contributed by atoms with Crippen LogP contribution >= 0.6 is 11.8 Å². The van der Waals surface area contributed by atoms with E-state index in [0.717, 1.165) is 11.0 Å². The Kier molecular flexibility index (Phi) is 5.82. The molecule has 2 rings (SSSR count). The number of rotatable bonds is 7. The number of benzene rings is 2. The first kappa shape index (κ1) is 16.8. The summed E-state index contributed by atoms with van der Waals surface area (Å²) in [6.45, 7) is 0.259. The van der Waals surface area contributed by atoms with E-state index in [1.807, 2.05) is 30.3 Å². The van der Waals surface area contributed by atoms with E-state index in [-0.39, 0.29) is 17.2 Å². The molecule has 0 aliphatic rings. The molecule has 0 aromatic heterocycles.